The first-order chi connectivity index (χ1) is 15.7. The van der Waals surface area contributed by atoms with Gasteiger partial charge in [0, 0.05) is 43.2 Å². The van der Waals surface area contributed by atoms with Crippen LogP contribution in [-0.4, -0.2) is 28.1 Å². The van der Waals surface area contributed by atoms with Crippen LogP contribution in [0.15, 0.2) is 29.4 Å². The maximum atomic E-state index is 13.9. The first kappa shape index (κ1) is 23.3. The van der Waals surface area contributed by atoms with Gasteiger partial charge >= 0.3 is 0 Å². The number of rotatable bonds is 5. The number of nitrogens with zero attached hydrogens (tertiary/aromatic N) is 1. The lowest BCUT2D eigenvalue weighted by Crippen LogP contribution is -2.60. The van der Waals surface area contributed by atoms with Gasteiger partial charge in [0.25, 0.3) is 0 Å². The topological polar surface area (TPSA) is 64.1 Å². The second-order valence-corrected chi connectivity index (χ2v) is 12.8. The van der Waals surface area contributed by atoms with E-state index in [2.05, 4.69) is 31.8 Å². The molecule has 33 heavy (non-hydrogen) atoms. The van der Waals surface area contributed by atoms with Crippen LogP contribution in [0, 0.1) is 46.3 Å². The molecule has 1 aromatic heterocycles. The first-order valence-electron chi connectivity index (χ1n) is 12.9. The summed E-state index contributed by atoms with van der Waals surface area (Å²) in [4.78, 5) is 43.9. The standard InChI is InChI=1S/C28H37NO3S/c1-17(10-13-33-25-6-4-5-12-29-25)20-7-8-21-26-22(16-24(32)28(20,21)3)27(2)11-9-19(30)14-18(27)15-23(26)31/h4-6,12,17-18,20-22,26H,7-11,13-16H2,1-3H3/t17-,18?,20-,21+,22+,26+,27+,28-/m1/s1. The van der Waals surface area contributed by atoms with Crippen LogP contribution in [0.4, 0.5) is 0 Å². The number of hydrogen-bond acceptors (Lipinski definition) is 5. The highest BCUT2D eigenvalue weighted by Gasteiger charge is 2.66. The third kappa shape index (κ3) is 3.73. The predicted octanol–water partition coefficient (Wildman–Crippen LogP) is 5.79. The van der Waals surface area contributed by atoms with Crippen LogP contribution in [-0.2, 0) is 14.4 Å². The fourth-order valence-corrected chi connectivity index (χ4v) is 9.38. The highest BCUT2D eigenvalue weighted by atomic mass is 32.2. The van der Waals surface area contributed by atoms with Gasteiger partial charge in [0.05, 0.1) is 5.03 Å². The molecule has 0 radical (unpaired) electrons. The Morgan fingerprint density at radius 1 is 1.09 bits per heavy atom. The third-order valence-electron chi connectivity index (χ3n) is 10.4. The Balaban J connectivity index is 1.33. The summed E-state index contributed by atoms with van der Waals surface area (Å²) in [5, 5.41) is 1.05. The molecule has 5 heteroatoms. The lowest BCUT2D eigenvalue weighted by Gasteiger charge is -2.58. The third-order valence-corrected chi connectivity index (χ3v) is 11.3. The van der Waals surface area contributed by atoms with E-state index in [4.69, 9.17) is 0 Å². The highest BCUT2D eigenvalue weighted by molar-refractivity contribution is 7.99. The summed E-state index contributed by atoms with van der Waals surface area (Å²) < 4.78 is 0. The van der Waals surface area contributed by atoms with Crippen molar-refractivity contribution in [2.75, 3.05) is 5.75 Å². The second-order valence-electron chi connectivity index (χ2n) is 11.7. The predicted molar refractivity (Wildman–Crippen MR) is 130 cm³/mol. The second kappa shape index (κ2) is 8.62. The minimum Gasteiger partial charge on any atom is -0.300 e. The average molecular weight is 468 g/mol. The van der Waals surface area contributed by atoms with Gasteiger partial charge in [-0.15, -0.1) is 11.8 Å². The number of thioether (sulfide) groups is 1. The molecule has 4 fully saturated rings. The van der Waals surface area contributed by atoms with E-state index in [1.807, 2.05) is 18.3 Å². The zero-order valence-corrected chi connectivity index (χ0v) is 21.0. The maximum absolute atomic E-state index is 13.9. The minimum absolute atomic E-state index is 0.0160. The SMILES string of the molecule is C[C@H](CCSc1ccccn1)[C@H]1CC[C@H]2[C@@H]3C(=O)CC4CC(=O)CC[C@]4(C)[C@H]3CC(=O)[C@]12C. The normalized spacial score (nSPS) is 41.3. The van der Waals surface area contributed by atoms with E-state index in [0.29, 0.717) is 54.9 Å². The van der Waals surface area contributed by atoms with Crippen LogP contribution in [0.2, 0.25) is 0 Å². The lowest BCUT2D eigenvalue weighted by molar-refractivity contribution is -0.166. The van der Waals surface area contributed by atoms with Crippen LogP contribution in [0.25, 0.3) is 0 Å². The zero-order valence-electron chi connectivity index (χ0n) is 20.2. The lowest BCUT2D eigenvalue weighted by atomic mass is 9.44. The summed E-state index contributed by atoms with van der Waals surface area (Å²) in [5.74, 6) is 3.33. The Morgan fingerprint density at radius 2 is 1.91 bits per heavy atom. The summed E-state index contributed by atoms with van der Waals surface area (Å²) in [7, 11) is 0. The van der Waals surface area contributed by atoms with Gasteiger partial charge < -0.3 is 0 Å². The van der Waals surface area contributed by atoms with Gasteiger partial charge in [-0.05, 0) is 78.6 Å². The minimum atomic E-state index is -0.375. The van der Waals surface area contributed by atoms with Gasteiger partial charge in [0.1, 0.15) is 17.3 Å². The molecule has 4 saturated carbocycles. The van der Waals surface area contributed by atoms with Crippen molar-refractivity contribution in [3.63, 3.8) is 0 Å². The van der Waals surface area contributed by atoms with E-state index in [9.17, 15) is 14.4 Å². The average Bonchev–Trinajstić information content (AvgIpc) is 3.15. The number of aromatic nitrogens is 1. The summed E-state index contributed by atoms with van der Waals surface area (Å²) in [6.45, 7) is 6.79. The molecule has 0 aromatic carbocycles. The Morgan fingerprint density at radius 3 is 2.67 bits per heavy atom. The van der Waals surface area contributed by atoms with Crippen molar-refractivity contribution in [1.29, 1.82) is 0 Å². The molecule has 5 rings (SSSR count). The fraction of sp³-hybridized carbons (Fsp3) is 0.714. The molecule has 0 spiro atoms. The van der Waals surface area contributed by atoms with Crippen LogP contribution in [0.1, 0.15) is 72.1 Å². The van der Waals surface area contributed by atoms with Crippen molar-refractivity contribution in [3.05, 3.63) is 24.4 Å². The molecule has 1 heterocycles. The number of carbonyl (C=O) groups is 3. The molecule has 0 bridgehead atoms. The van der Waals surface area contributed by atoms with Gasteiger partial charge in [-0.1, -0.05) is 26.8 Å². The molecular weight excluding hydrogens is 430 g/mol. The largest absolute Gasteiger partial charge is 0.300 e. The van der Waals surface area contributed by atoms with Crippen molar-refractivity contribution in [1.82, 2.24) is 4.98 Å². The summed E-state index contributed by atoms with van der Waals surface area (Å²) in [5.41, 5.74) is -0.411. The molecule has 0 aliphatic heterocycles. The number of ketones is 3. The molecule has 4 nitrogen and oxygen atoms in total. The number of carbonyl (C=O) groups excluding carboxylic acids is 3. The number of Topliss-reactive ketones (excluding diaryl/α,β-unsaturated/α-hetero) is 3. The molecule has 4 aliphatic rings. The van der Waals surface area contributed by atoms with Crippen LogP contribution in [0.5, 0.6) is 0 Å². The van der Waals surface area contributed by atoms with Crippen molar-refractivity contribution >= 4 is 29.1 Å². The van der Waals surface area contributed by atoms with Crippen molar-refractivity contribution in [3.8, 4) is 0 Å². The van der Waals surface area contributed by atoms with Gasteiger partial charge in [-0.3, -0.25) is 14.4 Å². The van der Waals surface area contributed by atoms with Gasteiger partial charge in [0.2, 0.25) is 0 Å². The van der Waals surface area contributed by atoms with E-state index < -0.39 is 0 Å². The fourth-order valence-electron chi connectivity index (χ4n) is 8.37. The van der Waals surface area contributed by atoms with E-state index in [-0.39, 0.29) is 34.5 Å². The van der Waals surface area contributed by atoms with Crippen LogP contribution in [0.3, 0.4) is 0 Å². The van der Waals surface area contributed by atoms with Gasteiger partial charge in [0.15, 0.2) is 0 Å². The molecule has 0 N–H and O–H groups in total. The molecule has 8 atom stereocenters. The summed E-state index contributed by atoms with van der Waals surface area (Å²) in [6, 6.07) is 6.01. The molecule has 1 unspecified atom stereocenters. The molecule has 1 aromatic rings. The highest BCUT2D eigenvalue weighted by Crippen LogP contribution is 2.66. The Kier molecular flexibility index (Phi) is 6.08. The van der Waals surface area contributed by atoms with E-state index in [1.165, 1.54) is 0 Å². The van der Waals surface area contributed by atoms with Gasteiger partial charge in [-0.25, -0.2) is 4.98 Å². The number of pyridine rings is 1. The van der Waals surface area contributed by atoms with Crippen LogP contribution >= 0.6 is 11.8 Å². The van der Waals surface area contributed by atoms with Crippen molar-refractivity contribution in [2.45, 2.75) is 77.2 Å². The van der Waals surface area contributed by atoms with E-state index >= 15 is 0 Å². The smallest absolute Gasteiger partial charge is 0.139 e. The molecule has 0 amide bonds. The Hall–Kier alpha value is -1.49. The summed E-state index contributed by atoms with van der Waals surface area (Å²) >= 11 is 1.79. The quantitative estimate of drug-likeness (QED) is 0.513. The van der Waals surface area contributed by atoms with Crippen molar-refractivity contribution < 1.29 is 14.4 Å². The van der Waals surface area contributed by atoms with Gasteiger partial charge in [-0.2, -0.15) is 0 Å². The Labute approximate surface area is 202 Å². The monoisotopic (exact) mass is 467 g/mol. The van der Waals surface area contributed by atoms with E-state index in [0.717, 1.165) is 36.5 Å². The molecular formula is C28H37NO3S. The zero-order chi connectivity index (χ0) is 23.4. The molecule has 0 saturated heterocycles. The van der Waals surface area contributed by atoms with E-state index in [1.54, 1.807) is 11.8 Å². The first-order valence-corrected chi connectivity index (χ1v) is 13.8. The molecule has 178 valence electrons. The molecule has 4 aliphatic carbocycles. The number of fused-ring (bicyclic) bond motifs is 5. The van der Waals surface area contributed by atoms with Crippen LogP contribution < -0.4 is 0 Å². The summed E-state index contributed by atoms with van der Waals surface area (Å²) in [6.07, 6.45) is 8.04. The number of hydrogen-bond donors (Lipinski definition) is 0. The maximum Gasteiger partial charge on any atom is 0.139 e. The van der Waals surface area contributed by atoms with Crippen molar-refractivity contribution in [2.24, 2.45) is 46.3 Å². The Bertz CT molecular complexity index is 948.